The van der Waals surface area contributed by atoms with Crippen molar-refractivity contribution in [3.63, 3.8) is 0 Å². The second-order valence-electron chi connectivity index (χ2n) is 6.15. The third kappa shape index (κ3) is 4.13. The number of hydrogen-bond acceptors (Lipinski definition) is 4. The number of nitrogens with one attached hydrogen (secondary N) is 1. The zero-order chi connectivity index (χ0) is 20.5. The largest absolute Gasteiger partial charge is 0.465 e. The lowest BCUT2D eigenvalue weighted by atomic mass is 10.0. The number of carboxylic acid groups (broad SMARTS) is 1. The molecule has 0 atom stereocenters. The minimum Gasteiger partial charge on any atom is -0.465 e. The molecule has 1 aromatic carbocycles. The highest BCUT2D eigenvalue weighted by atomic mass is 19.3. The van der Waals surface area contributed by atoms with E-state index in [9.17, 15) is 22.4 Å². The number of aromatic nitrogens is 1. The maximum absolute atomic E-state index is 14.7. The molecule has 11 heteroatoms. The van der Waals surface area contributed by atoms with E-state index < -0.39 is 42.7 Å². The number of nitrogens with two attached hydrogens (primary N) is 1. The Morgan fingerprint density at radius 2 is 2.07 bits per heavy atom. The van der Waals surface area contributed by atoms with E-state index in [4.69, 9.17) is 10.8 Å². The van der Waals surface area contributed by atoms with E-state index in [2.05, 4.69) is 9.98 Å². The van der Waals surface area contributed by atoms with Crippen molar-refractivity contribution in [3.8, 4) is 11.1 Å². The van der Waals surface area contributed by atoms with Crippen LogP contribution in [0.5, 0.6) is 0 Å². The summed E-state index contributed by atoms with van der Waals surface area (Å²) in [4.78, 5) is 19.1. The van der Waals surface area contributed by atoms with Gasteiger partial charge in [-0.25, -0.2) is 32.3 Å². The number of benzene rings is 1. The molecule has 0 bridgehead atoms. The SMILES string of the molecule is NC(=NCc1cccc(-c2cnc(N3CC(F)(F)C3)c(F)c2)c1F)NC(=O)O. The fraction of sp³-hybridized carbons (Fsp3) is 0.235. The predicted octanol–water partition coefficient (Wildman–Crippen LogP) is 2.56. The van der Waals surface area contributed by atoms with E-state index in [0.29, 0.717) is 0 Å². The van der Waals surface area contributed by atoms with Crippen molar-refractivity contribution in [2.45, 2.75) is 12.5 Å². The van der Waals surface area contributed by atoms with E-state index >= 15 is 0 Å². The molecule has 28 heavy (non-hydrogen) atoms. The Morgan fingerprint density at radius 3 is 2.68 bits per heavy atom. The fourth-order valence-corrected chi connectivity index (χ4v) is 2.72. The number of aliphatic imine (C=N–C) groups is 1. The molecule has 4 N–H and O–H groups in total. The second-order valence-corrected chi connectivity index (χ2v) is 6.15. The van der Waals surface area contributed by atoms with Crippen molar-refractivity contribution >= 4 is 17.9 Å². The molecule has 1 aliphatic heterocycles. The normalized spacial score (nSPS) is 15.9. The standard InChI is InChI=1S/C17H15F4N5O2/c18-12-4-10(6-23-14(12)26-7-17(20,21)8-26)11-3-1-2-9(13(11)19)5-24-15(22)25-16(27)28/h1-4,6H,5,7-8H2,(H,27,28)(H3,22,24,25). The van der Waals surface area contributed by atoms with Gasteiger partial charge in [0.2, 0.25) is 0 Å². The van der Waals surface area contributed by atoms with Gasteiger partial charge in [-0.05, 0) is 6.07 Å². The molecular weight excluding hydrogens is 382 g/mol. The quantitative estimate of drug-likeness (QED) is 0.418. The number of rotatable bonds is 4. The summed E-state index contributed by atoms with van der Waals surface area (Å²) in [5.74, 6) is -5.04. The molecule has 1 aromatic heterocycles. The molecule has 1 fully saturated rings. The summed E-state index contributed by atoms with van der Waals surface area (Å²) in [6.07, 6.45) is -0.210. The Hall–Kier alpha value is -3.37. The summed E-state index contributed by atoms with van der Waals surface area (Å²) in [6, 6.07) is 5.34. The topological polar surface area (TPSA) is 104 Å². The molecule has 1 aliphatic rings. The number of guanidine groups is 1. The first-order chi connectivity index (χ1) is 13.2. The Balaban J connectivity index is 1.82. The van der Waals surface area contributed by atoms with Gasteiger partial charge in [-0.3, -0.25) is 5.32 Å². The van der Waals surface area contributed by atoms with E-state index in [1.807, 2.05) is 5.32 Å². The summed E-state index contributed by atoms with van der Waals surface area (Å²) in [5.41, 5.74) is 5.59. The van der Waals surface area contributed by atoms with Crippen LogP contribution < -0.4 is 16.0 Å². The molecular formula is C17H15F4N5O2. The second kappa shape index (κ2) is 7.33. The van der Waals surface area contributed by atoms with Crippen LogP contribution in [0.3, 0.4) is 0 Å². The zero-order valence-electron chi connectivity index (χ0n) is 14.3. The molecule has 0 spiro atoms. The Morgan fingerprint density at radius 1 is 1.36 bits per heavy atom. The van der Waals surface area contributed by atoms with Crippen molar-refractivity contribution < 1.29 is 27.5 Å². The first-order valence-corrected chi connectivity index (χ1v) is 8.02. The minimum absolute atomic E-state index is 0.0318. The average Bonchev–Trinajstić information content (AvgIpc) is 2.58. The smallest absolute Gasteiger partial charge is 0.411 e. The van der Waals surface area contributed by atoms with Gasteiger partial charge < -0.3 is 15.7 Å². The van der Waals surface area contributed by atoms with Crippen LogP contribution in [-0.2, 0) is 6.54 Å². The van der Waals surface area contributed by atoms with Crippen LogP contribution in [0.2, 0.25) is 0 Å². The molecule has 2 heterocycles. The number of alkyl halides is 2. The number of hydrogen-bond donors (Lipinski definition) is 3. The number of pyridine rings is 1. The maximum Gasteiger partial charge on any atom is 0.411 e. The van der Waals surface area contributed by atoms with Crippen molar-refractivity contribution in [2.24, 2.45) is 10.7 Å². The lowest BCUT2D eigenvalue weighted by Gasteiger charge is -2.39. The molecule has 0 radical (unpaired) electrons. The van der Waals surface area contributed by atoms with Crippen LogP contribution in [0, 0.1) is 11.6 Å². The van der Waals surface area contributed by atoms with Gasteiger partial charge in [0.15, 0.2) is 17.6 Å². The van der Waals surface area contributed by atoms with Gasteiger partial charge in [-0.15, -0.1) is 0 Å². The Bertz CT molecular complexity index is 943. The van der Waals surface area contributed by atoms with Gasteiger partial charge >= 0.3 is 6.09 Å². The molecule has 148 valence electrons. The summed E-state index contributed by atoms with van der Waals surface area (Å²) in [5, 5.41) is 10.4. The van der Waals surface area contributed by atoms with Crippen molar-refractivity contribution in [3.05, 3.63) is 47.7 Å². The van der Waals surface area contributed by atoms with Crippen LogP contribution in [0.1, 0.15) is 5.56 Å². The third-order valence-electron chi connectivity index (χ3n) is 4.01. The van der Waals surface area contributed by atoms with Crippen LogP contribution in [0.4, 0.5) is 28.2 Å². The molecule has 2 aromatic rings. The van der Waals surface area contributed by atoms with Crippen LogP contribution in [-0.4, -0.2) is 41.2 Å². The number of amides is 1. The van der Waals surface area contributed by atoms with E-state index in [0.717, 1.165) is 11.0 Å². The number of carbonyl (C=O) groups is 1. The highest BCUT2D eigenvalue weighted by molar-refractivity contribution is 5.92. The van der Waals surface area contributed by atoms with Gasteiger partial charge in [0.1, 0.15) is 5.82 Å². The minimum atomic E-state index is -2.87. The van der Waals surface area contributed by atoms with Gasteiger partial charge in [-0.2, -0.15) is 0 Å². The average molecular weight is 397 g/mol. The highest BCUT2D eigenvalue weighted by Gasteiger charge is 2.45. The molecule has 0 unspecified atom stereocenters. The first-order valence-electron chi connectivity index (χ1n) is 8.02. The maximum atomic E-state index is 14.7. The Kier molecular flexibility index (Phi) is 5.08. The van der Waals surface area contributed by atoms with E-state index in [1.54, 1.807) is 0 Å². The predicted molar refractivity (Wildman–Crippen MR) is 93.2 cm³/mol. The molecule has 0 aliphatic carbocycles. The van der Waals surface area contributed by atoms with Crippen LogP contribution in [0.15, 0.2) is 35.5 Å². The third-order valence-corrected chi connectivity index (χ3v) is 4.01. The lowest BCUT2D eigenvalue weighted by Crippen LogP contribution is -2.57. The van der Waals surface area contributed by atoms with Gasteiger partial charge in [0, 0.05) is 22.9 Å². The molecule has 1 saturated heterocycles. The highest BCUT2D eigenvalue weighted by Crippen LogP contribution is 2.34. The van der Waals surface area contributed by atoms with E-state index in [-0.39, 0.29) is 29.1 Å². The van der Waals surface area contributed by atoms with E-state index in [1.165, 1.54) is 24.4 Å². The van der Waals surface area contributed by atoms with Gasteiger partial charge in [0.05, 0.1) is 19.6 Å². The monoisotopic (exact) mass is 397 g/mol. The molecule has 0 saturated carbocycles. The van der Waals surface area contributed by atoms with Crippen LogP contribution in [0.25, 0.3) is 11.1 Å². The Labute approximate surface area is 156 Å². The number of nitrogens with zero attached hydrogens (tertiary/aromatic N) is 3. The summed E-state index contributed by atoms with van der Waals surface area (Å²) >= 11 is 0. The molecule has 3 rings (SSSR count). The summed E-state index contributed by atoms with van der Waals surface area (Å²) in [6.45, 7) is -1.49. The van der Waals surface area contributed by atoms with Crippen LogP contribution >= 0.6 is 0 Å². The van der Waals surface area contributed by atoms with Crippen molar-refractivity contribution in [1.29, 1.82) is 0 Å². The fourth-order valence-electron chi connectivity index (χ4n) is 2.72. The van der Waals surface area contributed by atoms with Gasteiger partial charge in [-0.1, -0.05) is 18.2 Å². The van der Waals surface area contributed by atoms with Crippen molar-refractivity contribution in [2.75, 3.05) is 18.0 Å². The first kappa shape index (κ1) is 19.4. The number of halogens is 4. The summed E-state index contributed by atoms with van der Waals surface area (Å²) < 4.78 is 54.9. The molecule has 7 nitrogen and oxygen atoms in total. The zero-order valence-corrected chi connectivity index (χ0v) is 14.3. The summed E-state index contributed by atoms with van der Waals surface area (Å²) in [7, 11) is 0. The van der Waals surface area contributed by atoms with Crippen molar-refractivity contribution in [1.82, 2.24) is 10.3 Å². The van der Waals surface area contributed by atoms with Gasteiger partial charge in [0.25, 0.3) is 5.92 Å². The molecule has 1 amide bonds. The lowest BCUT2D eigenvalue weighted by molar-refractivity contribution is -0.0270. The number of anilines is 1.